The summed E-state index contributed by atoms with van der Waals surface area (Å²) in [5.74, 6) is -0.413. The highest BCUT2D eigenvalue weighted by Gasteiger charge is 2.41. The number of amides is 1. The quantitative estimate of drug-likeness (QED) is 0.524. The molecule has 2 atom stereocenters. The van der Waals surface area contributed by atoms with E-state index in [4.69, 9.17) is 5.73 Å². The maximum Gasteiger partial charge on any atom is 0.266 e. The molecule has 3 aliphatic rings. The minimum absolute atomic E-state index is 0.221. The van der Waals surface area contributed by atoms with Gasteiger partial charge < -0.3 is 20.4 Å². The standard InChI is InChI=1S/C24H24F2N6OS/c1-30-19-9-11-32(18-6-2-5-17(28)16(18)12-27)23(33)21(19)34-24(30)15-7-8-20(29-22(15)26)31-10-3-4-14(25)13-31/h2,5-8,14,24H,3-4,9-11,13,28H2,1H3. The van der Waals surface area contributed by atoms with Crippen LogP contribution in [0.3, 0.4) is 0 Å². The number of halogens is 2. The van der Waals surface area contributed by atoms with Crippen molar-refractivity contribution >= 4 is 34.9 Å². The lowest BCUT2D eigenvalue weighted by Gasteiger charge is -2.31. The average Bonchev–Trinajstić information content (AvgIpc) is 3.16. The van der Waals surface area contributed by atoms with Gasteiger partial charge in [-0.05, 0) is 37.1 Å². The Morgan fingerprint density at radius 3 is 2.82 bits per heavy atom. The van der Waals surface area contributed by atoms with Crippen LogP contribution in [0.25, 0.3) is 0 Å². The molecule has 0 saturated carbocycles. The van der Waals surface area contributed by atoms with Gasteiger partial charge in [-0.25, -0.2) is 9.37 Å². The highest BCUT2D eigenvalue weighted by atomic mass is 32.2. The molecule has 1 fully saturated rings. The van der Waals surface area contributed by atoms with Crippen molar-refractivity contribution in [1.82, 2.24) is 9.88 Å². The van der Waals surface area contributed by atoms with Gasteiger partial charge >= 0.3 is 0 Å². The number of nitriles is 1. The fourth-order valence-corrected chi connectivity index (χ4v) is 6.21. The molecule has 2 aromatic rings. The van der Waals surface area contributed by atoms with Crippen LogP contribution < -0.4 is 15.5 Å². The van der Waals surface area contributed by atoms with Gasteiger partial charge in [0.1, 0.15) is 23.4 Å². The normalized spacial score (nSPS) is 22.8. The van der Waals surface area contributed by atoms with Gasteiger partial charge in [-0.1, -0.05) is 17.8 Å². The van der Waals surface area contributed by atoms with Gasteiger partial charge in [0.25, 0.3) is 5.91 Å². The molecule has 5 rings (SSSR count). The van der Waals surface area contributed by atoms with Gasteiger partial charge in [-0.2, -0.15) is 9.65 Å². The molecule has 0 radical (unpaired) electrons. The molecule has 1 aromatic heterocycles. The number of nitrogen functional groups attached to an aromatic ring is 1. The average molecular weight is 483 g/mol. The Labute approximate surface area is 200 Å². The number of thioether (sulfide) groups is 1. The Morgan fingerprint density at radius 2 is 2.09 bits per heavy atom. The van der Waals surface area contributed by atoms with Crippen molar-refractivity contribution in [3.05, 3.63) is 58.0 Å². The Balaban J connectivity index is 1.39. The summed E-state index contributed by atoms with van der Waals surface area (Å²) in [4.78, 5) is 23.3. The van der Waals surface area contributed by atoms with Gasteiger partial charge in [0.05, 0.1) is 28.4 Å². The van der Waals surface area contributed by atoms with Crippen molar-refractivity contribution in [1.29, 1.82) is 5.26 Å². The van der Waals surface area contributed by atoms with Crippen molar-refractivity contribution in [3.8, 4) is 6.07 Å². The molecule has 0 bridgehead atoms. The zero-order valence-electron chi connectivity index (χ0n) is 18.7. The monoisotopic (exact) mass is 482 g/mol. The van der Waals surface area contributed by atoms with Crippen molar-refractivity contribution in [2.75, 3.05) is 42.2 Å². The van der Waals surface area contributed by atoms with Crippen LogP contribution in [0.1, 0.15) is 35.8 Å². The van der Waals surface area contributed by atoms with Crippen molar-refractivity contribution in [3.63, 3.8) is 0 Å². The number of pyridine rings is 1. The summed E-state index contributed by atoms with van der Waals surface area (Å²) in [7, 11) is 1.84. The highest BCUT2D eigenvalue weighted by molar-refractivity contribution is 8.04. The summed E-state index contributed by atoms with van der Waals surface area (Å²) in [6.07, 6.45) is 0.873. The van der Waals surface area contributed by atoms with E-state index in [2.05, 4.69) is 11.1 Å². The number of piperidine rings is 1. The Kier molecular flexibility index (Phi) is 5.81. The maximum absolute atomic E-state index is 15.2. The number of benzene rings is 1. The molecule has 2 unspecified atom stereocenters. The van der Waals surface area contributed by atoms with Crippen molar-refractivity contribution in [2.24, 2.45) is 0 Å². The molecule has 3 aliphatic heterocycles. The molecule has 4 heterocycles. The molecule has 1 aromatic carbocycles. The number of nitrogens with zero attached hydrogens (tertiary/aromatic N) is 5. The Morgan fingerprint density at radius 1 is 1.26 bits per heavy atom. The minimum Gasteiger partial charge on any atom is -0.398 e. The number of hydrogen-bond acceptors (Lipinski definition) is 7. The van der Waals surface area contributed by atoms with Gasteiger partial charge in [-0.3, -0.25) is 4.79 Å². The molecular formula is C24H24F2N6OS. The van der Waals surface area contributed by atoms with E-state index in [0.717, 1.165) is 5.70 Å². The minimum atomic E-state index is -0.929. The zero-order valence-corrected chi connectivity index (χ0v) is 19.5. The number of alkyl halides is 1. The van der Waals surface area contributed by atoms with E-state index in [1.165, 1.54) is 11.8 Å². The first-order valence-corrected chi connectivity index (χ1v) is 12.1. The zero-order chi connectivity index (χ0) is 24.0. The van der Waals surface area contributed by atoms with E-state index < -0.39 is 17.5 Å². The third-order valence-corrected chi connectivity index (χ3v) is 8.01. The van der Waals surface area contributed by atoms with Gasteiger partial charge in [0.2, 0.25) is 5.95 Å². The van der Waals surface area contributed by atoms with Crippen LogP contribution in [-0.2, 0) is 4.79 Å². The lowest BCUT2D eigenvalue weighted by molar-refractivity contribution is -0.114. The summed E-state index contributed by atoms with van der Waals surface area (Å²) in [6.45, 7) is 1.27. The van der Waals surface area contributed by atoms with E-state index in [0.29, 0.717) is 60.0 Å². The maximum atomic E-state index is 15.2. The molecule has 0 spiro atoms. The van der Waals surface area contributed by atoms with Crippen LogP contribution in [0.15, 0.2) is 40.9 Å². The third-order valence-electron chi connectivity index (χ3n) is 6.57. The number of anilines is 3. The van der Waals surface area contributed by atoms with Crippen molar-refractivity contribution < 1.29 is 13.6 Å². The van der Waals surface area contributed by atoms with Gasteiger partial charge in [-0.15, -0.1) is 0 Å². The predicted molar refractivity (Wildman–Crippen MR) is 128 cm³/mol. The number of nitrogens with two attached hydrogens (primary N) is 1. The van der Waals surface area contributed by atoms with E-state index in [1.54, 1.807) is 40.1 Å². The van der Waals surface area contributed by atoms with Crippen LogP contribution >= 0.6 is 11.8 Å². The van der Waals surface area contributed by atoms with Gasteiger partial charge in [0, 0.05) is 37.8 Å². The molecule has 34 heavy (non-hydrogen) atoms. The fraction of sp³-hybridized carbons (Fsp3) is 0.375. The summed E-state index contributed by atoms with van der Waals surface area (Å²) in [6, 6.07) is 10.6. The number of hydrogen-bond donors (Lipinski definition) is 1. The first-order valence-electron chi connectivity index (χ1n) is 11.2. The smallest absolute Gasteiger partial charge is 0.266 e. The van der Waals surface area contributed by atoms with Crippen LogP contribution in [0.5, 0.6) is 0 Å². The summed E-state index contributed by atoms with van der Waals surface area (Å²) >= 11 is 1.28. The van der Waals surface area contributed by atoms with E-state index in [1.807, 2.05) is 11.9 Å². The highest BCUT2D eigenvalue weighted by Crippen LogP contribution is 2.51. The van der Waals surface area contributed by atoms with E-state index in [-0.39, 0.29) is 18.0 Å². The first-order chi connectivity index (χ1) is 16.4. The molecule has 176 valence electrons. The lowest BCUT2D eigenvalue weighted by atomic mass is 10.1. The summed E-state index contributed by atoms with van der Waals surface area (Å²) < 4.78 is 28.9. The number of rotatable bonds is 3. The van der Waals surface area contributed by atoms with E-state index in [9.17, 15) is 14.4 Å². The molecule has 0 aliphatic carbocycles. The topological polar surface area (TPSA) is 89.5 Å². The van der Waals surface area contributed by atoms with Crippen molar-refractivity contribution in [2.45, 2.75) is 30.8 Å². The second-order valence-corrected chi connectivity index (χ2v) is 9.74. The predicted octanol–water partition coefficient (Wildman–Crippen LogP) is 3.94. The number of aromatic nitrogens is 1. The molecule has 7 nitrogen and oxygen atoms in total. The molecule has 2 N–H and O–H groups in total. The summed E-state index contributed by atoms with van der Waals surface area (Å²) in [5.41, 5.74) is 8.24. The lowest BCUT2D eigenvalue weighted by Crippen LogP contribution is -2.38. The largest absolute Gasteiger partial charge is 0.398 e. The second-order valence-electron chi connectivity index (χ2n) is 8.65. The van der Waals surface area contributed by atoms with E-state index >= 15 is 4.39 Å². The molecule has 10 heteroatoms. The third kappa shape index (κ3) is 3.74. The molecular weight excluding hydrogens is 458 g/mol. The fourth-order valence-electron chi connectivity index (χ4n) is 4.80. The Hall–Kier alpha value is -3.32. The van der Waals surface area contributed by atoms with Crippen LogP contribution in [0.2, 0.25) is 0 Å². The van der Waals surface area contributed by atoms with Crippen LogP contribution in [0, 0.1) is 17.3 Å². The second kappa shape index (κ2) is 8.80. The van der Waals surface area contributed by atoms with Crippen LogP contribution in [0.4, 0.5) is 26.0 Å². The SMILES string of the molecule is CN1C2=C(SC1c1ccc(N3CCCC(F)C3)nc1F)C(=O)N(c1cccc(N)c1C#N)CC2. The summed E-state index contributed by atoms with van der Waals surface area (Å²) in [5, 5.41) is 9.09. The number of carbonyl (C=O) groups excluding carboxylic acids is 1. The Bertz CT molecular complexity index is 1230. The molecule has 1 saturated heterocycles. The first kappa shape index (κ1) is 22.5. The van der Waals surface area contributed by atoms with Gasteiger partial charge in [0.15, 0.2) is 0 Å². The van der Waals surface area contributed by atoms with Crippen LogP contribution in [-0.4, -0.2) is 48.6 Å². The molecule has 1 amide bonds. The number of carbonyl (C=O) groups is 1.